The summed E-state index contributed by atoms with van der Waals surface area (Å²) in [5.41, 5.74) is 5.41. The maximum atomic E-state index is 12.0. The summed E-state index contributed by atoms with van der Waals surface area (Å²) in [6.45, 7) is 0. The van der Waals surface area contributed by atoms with Crippen molar-refractivity contribution >= 4 is 22.8 Å². The molecule has 8 heteroatoms. The number of hydrogen-bond donors (Lipinski definition) is 3. The van der Waals surface area contributed by atoms with E-state index in [9.17, 15) is 9.59 Å². The minimum absolute atomic E-state index is 0.0364. The van der Waals surface area contributed by atoms with Crippen LogP contribution in [0, 0.1) is 0 Å². The van der Waals surface area contributed by atoms with Crippen LogP contribution < -0.4 is 16.4 Å². The second kappa shape index (κ2) is 5.08. The molecule has 0 spiro atoms. The van der Waals surface area contributed by atoms with Crippen molar-refractivity contribution in [2.75, 3.05) is 5.43 Å². The number of pyridine rings is 1. The lowest BCUT2D eigenvalue weighted by molar-refractivity contribution is 0.0958. The van der Waals surface area contributed by atoms with Gasteiger partial charge in [0, 0.05) is 31.0 Å². The Morgan fingerprint density at radius 1 is 1.33 bits per heavy atom. The van der Waals surface area contributed by atoms with Gasteiger partial charge in [-0.15, -0.1) is 0 Å². The molecule has 0 aliphatic rings. The fourth-order valence-corrected chi connectivity index (χ4v) is 1.82. The van der Waals surface area contributed by atoms with Crippen LogP contribution in [-0.4, -0.2) is 25.4 Å². The number of rotatable bonds is 3. The predicted molar refractivity (Wildman–Crippen MR) is 76.7 cm³/mol. The third-order valence-electron chi connectivity index (χ3n) is 2.95. The van der Waals surface area contributed by atoms with Crippen molar-refractivity contribution in [3.63, 3.8) is 0 Å². The highest BCUT2D eigenvalue weighted by molar-refractivity contribution is 5.94. The average molecular weight is 284 g/mol. The molecule has 3 heterocycles. The zero-order chi connectivity index (χ0) is 14.8. The van der Waals surface area contributed by atoms with Gasteiger partial charge >= 0.3 is 0 Å². The summed E-state index contributed by atoms with van der Waals surface area (Å²) in [6, 6.07) is 5.25. The second-order valence-corrected chi connectivity index (χ2v) is 4.38. The highest BCUT2D eigenvalue weighted by Crippen LogP contribution is 2.09. The second-order valence-electron chi connectivity index (χ2n) is 4.38. The molecule has 0 aromatic carbocycles. The summed E-state index contributed by atoms with van der Waals surface area (Å²) in [5.74, 6) is -0.423. The molecule has 8 nitrogen and oxygen atoms in total. The number of nitrogens with zero attached hydrogens (tertiary/aromatic N) is 3. The van der Waals surface area contributed by atoms with Crippen LogP contribution in [-0.2, 0) is 7.05 Å². The van der Waals surface area contributed by atoms with Gasteiger partial charge in [-0.05, 0) is 18.2 Å². The highest BCUT2D eigenvalue weighted by atomic mass is 16.2. The van der Waals surface area contributed by atoms with Gasteiger partial charge in [0.1, 0.15) is 11.3 Å². The molecule has 3 aromatic heterocycles. The van der Waals surface area contributed by atoms with E-state index in [-0.39, 0.29) is 17.1 Å². The normalized spacial score (nSPS) is 10.5. The largest absolute Gasteiger partial charge is 0.346 e. The number of carbonyl (C=O) groups is 1. The molecular weight excluding hydrogens is 272 g/mol. The van der Waals surface area contributed by atoms with E-state index in [1.54, 1.807) is 25.4 Å². The summed E-state index contributed by atoms with van der Waals surface area (Å²) >= 11 is 0. The fourth-order valence-electron chi connectivity index (χ4n) is 1.82. The number of hydrogen-bond acceptors (Lipinski definition) is 5. The van der Waals surface area contributed by atoms with Crippen LogP contribution in [0.15, 0.2) is 41.6 Å². The van der Waals surface area contributed by atoms with Gasteiger partial charge in [-0.3, -0.25) is 20.4 Å². The molecule has 3 N–H and O–H groups in total. The number of fused-ring (bicyclic) bond motifs is 1. The third-order valence-corrected chi connectivity index (χ3v) is 2.95. The molecule has 0 aliphatic heterocycles. The summed E-state index contributed by atoms with van der Waals surface area (Å²) < 4.78 is 1.35. The molecule has 0 saturated carbocycles. The molecule has 21 heavy (non-hydrogen) atoms. The number of aryl methyl sites for hydroxylation is 1. The number of aromatic nitrogens is 4. The molecule has 3 aromatic rings. The van der Waals surface area contributed by atoms with E-state index >= 15 is 0 Å². The van der Waals surface area contributed by atoms with E-state index in [1.807, 2.05) is 6.07 Å². The smallest absolute Gasteiger partial charge is 0.294 e. The van der Waals surface area contributed by atoms with E-state index in [2.05, 4.69) is 25.8 Å². The molecule has 0 bridgehead atoms. The molecule has 0 fully saturated rings. The van der Waals surface area contributed by atoms with Gasteiger partial charge in [0.2, 0.25) is 5.82 Å². The first-order valence-corrected chi connectivity index (χ1v) is 6.17. The van der Waals surface area contributed by atoms with Crippen molar-refractivity contribution in [2.45, 2.75) is 0 Å². The number of nitrogens with one attached hydrogen (secondary N) is 3. The van der Waals surface area contributed by atoms with E-state index in [1.165, 1.54) is 17.0 Å². The van der Waals surface area contributed by atoms with Crippen molar-refractivity contribution in [3.05, 3.63) is 52.8 Å². The van der Waals surface area contributed by atoms with Crippen molar-refractivity contribution in [1.29, 1.82) is 0 Å². The van der Waals surface area contributed by atoms with E-state index in [0.29, 0.717) is 5.65 Å². The van der Waals surface area contributed by atoms with Crippen LogP contribution >= 0.6 is 0 Å². The Bertz CT molecular complexity index is 866. The van der Waals surface area contributed by atoms with Gasteiger partial charge in [-0.1, -0.05) is 0 Å². The Balaban J connectivity index is 1.77. The molecule has 0 radical (unpaired) electrons. The molecule has 3 rings (SSSR count). The Kier molecular flexibility index (Phi) is 3.11. The standard InChI is InChI=1S/C13H12N6O2/c1-19-7-6-15-11(13(19)21)17-18-12(20)9-3-2-8-4-5-14-10(8)16-9/h2-7H,1H3,(H,14,16)(H,15,17)(H,18,20). The number of hydrazine groups is 1. The Morgan fingerprint density at radius 3 is 3.05 bits per heavy atom. The van der Waals surface area contributed by atoms with Crippen molar-refractivity contribution in [1.82, 2.24) is 24.9 Å². The lowest BCUT2D eigenvalue weighted by Crippen LogP contribution is -2.34. The molecule has 0 saturated heterocycles. The zero-order valence-corrected chi connectivity index (χ0v) is 11.1. The highest BCUT2D eigenvalue weighted by Gasteiger charge is 2.09. The molecule has 0 aliphatic carbocycles. The minimum Gasteiger partial charge on any atom is -0.346 e. The first-order valence-electron chi connectivity index (χ1n) is 6.17. The van der Waals surface area contributed by atoms with E-state index < -0.39 is 5.91 Å². The summed E-state index contributed by atoms with van der Waals surface area (Å²) in [4.78, 5) is 34.7. The summed E-state index contributed by atoms with van der Waals surface area (Å²) in [7, 11) is 1.59. The van der Waals surface area contributed by atoms with E-state index in [0.717, 1.165) is 5.39 Å². The Hall–Kier alpha value is -3.16. The monoisotopic (exact) mass is 284 g/mol. The van der Waals surface area contributed by atoms with Gasteiger partial charge in [-0.25, -0.2) is 9.97 Å². The topological polar surface area (TPSA) is 105 Å². The van der Waals surface area contributed by atoms with Crippen molar-refractivity contribution < 1.29 is 4.79 Å². The minimum atomic E-state index is -0.459. The maximum Gasteiger partial charge on any atom is 0.294 e. The number of amides is 1. The number of H-pyrrole nitrogens is 1. The predicted octanol–water partition coefficient (Wildman–Crippen LogP) is 0.413. The number of carbonyl (C=O) groups excluding carboxylic acids is 1. The van der Waals surface area contributed by atoms with Gasteiger partial charge in [0.05, 0.1) is 0 Å². The van der Waals surface area contributed by atoms with E-state index in [4.69, 9.17) is 0 Å². The van der Waals surface area contributed by atoms with Crippen LogP contribution in [0.1, 0.15) is 10.5 Å². The maximum absolute atomic E-state index is 12.0. The SMILES string of the molecule is Cn1ccnc(NNC(=O)c2ccc3cc[nH]c3n2)c1=O. The van der Waals surface area contributed by atoms with Crippen molar-refractivity contribution in [2.24, 2.45) is 7.05 Å². The molecular formula is C13H12N6O2. The third kappa shape index (κ3) is 2.46. The van der Waals surface area contributed by atoms with Crippen molar-refractivity contribution in [3.8, 4) is 0 Å². The quantitative estimate of drug-likeness (QED) is 0.604. The van der Waals surface area contributed by atoms with Crippen LogP contribution in [0.2, 0.25) is 0 Å². The van der Waals surface area contributed by atoms with Crippen LogP contribution in [0.5, 0.6) is 0 Å². The average Bonchev–Trinajstić information content (AvgIpc) is 2.96. The molecule has 0 atom stereocenters. The van der Waals surface area contributed by atoms with Gasteiger partial charge < -0.3 is 9.55 Å². The first kappa shape index (κ1) is 12.9. The Labute approximate surface area is 118 Å². The molecule has 0 unspecified atom stereocenters. The van der Waals surface area contributed by atoms with Gasteiger partial charge in [0.25, 0.3) is 11.5 Å². The zero-order valence-electron chi connectivity index (χ0n) is 11.1. The van der Waals surface area contributed by atoms with Crippen LogP contribution in [0.4, 0.5) is 5.82 Å². The molecule has 1 amide bonds. The van der Waals surface area contributed by atoms with Gasteiger partial charge in [-0.2, -0.15) is 0 Å². The number of anilines is 1. The lowest BCUT2D eigenvalue weighted by atomic mass is 10.3. The van der Waals surface area contributed by atoms with Crippen LogP contribution in [0.25, 0.3) is 11.0 Å². The Morgan fingerprint density at radius 2 is 2.19 bits per heavy atom. The summed E-state index contributed by atoms with van der Waals surface area (Å²) in [5, 5.41) is 0.915. The van der Waals surface area contributed by atoms with Gasteiger partial charge in [0.15, 0.2) is 0 Å². The first-order chi connectivity index (χ1) is 10.1. The number of aromatic amines is 1. The fraction of sp³-hybridized carbons (Fsp3) is 0.0769. The molecule has 106 valence electrons. The van der Waals surface area contributed by atoms with Crippen LogP contribution in [0.3, 0.4) is 0 Å². The summed E-state index contributed by atoms with van der Waals surface area (Å²) in [6.07, 6.45) is 4.73. The lowest BCUT2D eigenvalue weighted by Gasteiger charge is -2.07.